The number of ether oxygens (including phenoxy) is 1. The average molecular weight is 372 g/mol. The van der Waals surface area contributed by atoms with Gasteiger partial charge in [-0.05, 0) is 42.0 Å². The van der Waals surface area contributed by atoms with Gasteiger partial charge in [0.15, 0.2) is 0 Å². The number of halogens is 1. The van der Waals surface area contributed by atoms with E-state index in [0.29, 0.717) is 17.4 Å². The minimum absolute atomic E-state index is 0.0906. The number of carbonyl (C=O) groups is 2. The lowest BCUT2D eigenvalue weighted by atomic mass is 9.86. The van der Waals surface area contributed by atoms with E-state index in [0.717, 1.165) is 43.2 Å². The highest BCUT2D eigenvalue weighted by atomic mass is 35.5. The summed E-state index contributed by atoms with van der Waals surface area (Å²) in [6.07, 6.45) is 5.64. The van der Waals surface area contributed by atoms with Crippen LogP contribution in [0.4, 0.5) is 4.79 Å². The van der Waals surface area contributed by atoms with Crippen molar-refractivity contribution in [3.8, 4) is 0 Å². The Morgan fingerprint density at radius 3 is 2.75 bits per heavy atom. The maximum Gasteiger partial charge on any atom is 0.417 e. The molecule has 0 saturated heterocycles. The summed E-state index contributed by atoms with van der Waals surface area (Å²) in [6.45, 7) is 0.0906. The van der Waals surface area contributed by atoms with Crippen molar-refractivity contribution < 1.29 is 19.4 Å². The summed E-state index contributed by atoms with van der Waals surface area (Å²) in [5.41, 5.74) is 0.777. The zero-order valence-corrected chi connectivity index (χ0v) is 14.9. The molecule has 0 aromatic heterocycles. The first-order chi connectivity index (χ1) is 11.5. The van der Waals surface area contributed by atoms with Crippen LogP contribution in [0.3, 0.4) is 0 Å². The lowest BCUT2D eigenvalue weighted by Crippen LogP contribution is -2.28. The van der Waals surface area contributed by atoms with Crippen molar-refractivity contribution in [1.29, 1.82) is 0 Å². The molecule has 0 aliphatic heterocycles. The third kappa shape index (κ3) is 6.61. The van der Waals surface area contributed by atoms with Gasteiger partial charge < -0.3 is 9.84 Å². The zero-order chi connectivity index (χ0) is 17.4. The van der Waals surface area contributed by atoms with Crippen molar-refractivity contribution in [2.45, 2.75) is 50.4 Å². The average Bonchev–Trinajstić information content (AvgIpc) is 2.57. The Labute approximate surface area is 151 Å². The summed E-state index contributed by atoms with van der Waals surface area (Å²) < 4.78 is 7.56. The molecule has 0 bridgehead atoms. The molecule has 1 aliphatic rings. The Kier molecular flexibility index (Phi) is 7.72. The number of amides is 1. The van der Waals surface area contributed by atoms with Gasteiger partial charge in [-0.15, -0.1) is 0 Å². The molecule has 7 heteroatoms. The van der Waals surface area contributed by atoms with E-state index in [-0.39, 0.29) is 6.61 Å². The highest BCUT2D eigenvalue weighted by molar-refractivity contribution is 7.99. The maximum atomic E-state index is 11.7. The largest absolute Gasteiger partial charge is 0.480 e. The SMILES string of the molecule is O=C(NS[C@@H](CC1CCCCC1)C(=O)O)OCc1cccc(Cl)c1. The van der Waals surface area contributed by atoms with Crippen molar-refractivity contribution in [2.75, 3.05) is 0 Å². The first-order valence-corrected chi connectivity index (χ1v) is 9.36. The second-order valence-electron chi connectivity index (χ2n) is 5.99. The Bertz CT molecular complexity index is 563. The molecule has 2 N–H and O–H groups in total. The minimum atomic E-state index is -0.902. The molecule has 1 aliphatic carbocycles. The molecule has 1 fully saturated rings. The number of carboxylic acid groups (broad SMARTS) is 1. The molecule has 0 unspecified atom stereocenters. The van der Waals surface area contributed by atoms with E-state index in [1.807, 2.05) is 0 Å². The third-order valence-electron chi connectivity index (χ3n) is 4.09. The van der Waals surface area contributed by atoms with Crippen molar-refractivity contribution in [1.82, 2.24) is 4.72 Å². The normalized spacial score (nSPS) is 16.4. The topological polar surface area (TPSA) is 75.6 Å². The van der Waals surface area contributed by atoms with Crippen LogP contribution < -0.4 is 4.72 Å². The second kappa shape index (κ2) is 9.79. The summed E-state index contributed by atoms with van der Waals surface area (Å²) >= 11 is 6.78. The number of aliphatic carboxylic acids is 1. The summed E-state index contributed by atoms with van der Waals surface area (Å²) in [4.78, 5) is 23.1. The number of benzene rings is 1. The number of rotatable bonds is 7. The molecule has 1 amide bonds. The molecule has 0 spiro atoms. The maximum absolute atomic E-state index is 11.7. The van der Waals surface area contributed by atoms with Gasteiger partial charge in [-0.2, -0.15) is 0 Å². The van der Waals surface area contributed by atoms with Gasteiger partial charge in [0.1, 0.15) is 11.9 Å². The van der Waals surface area contributed by atoms with Crippen molar-refractivity contribution in [3.05, 3.63) is 34.9 Å². The van der Waals surface area contributed by atoms with Gasteiger partial charge in [0.25, 0.3) is 0 Å². The molecular weight excluding hydrogens is 350 g/mol. The van der Waals surface area contributed by atoms with Gasteiger partial charge in [-0.25, -0.2) is 4.79 Å². The van der Waals surface area contributed by atoms with Crippen LogP contribution in [0.25, 0.3) is 0 Å². The van der Waals surface area contributed by atoms with Crippen LogP contribution in [0, 0.1) is 5.92 Å². The highest BCUT2D eigenvalue weighted by Gasteiger charge is 2.25. The van der Waals surface area contributed by atoms with Crippen molar-refractivity contribution in [3.63, 3.8) is 0 Å². The Balaban J connectivity index is 1.74. The van der Waals surface area contributed by atoms with E-state index in [9.17, 15) is 14.7 Å². The van der Waals surface area contributed by atoms with E-state index in [1.54, 1.807) is 24.3 Å². The van der Waals surface area contributed by atoms with E-state index < -0.39 is 17.3 Å². The minimum Gasteiger partial charge on any atom is -0.480 e. The van der Waals surface area contributed by atoms with Gasteiger partial charge in [0, 0.05) is 5.02 Å². The molecule has 0 heterocycles. The predicted molar refractivity (Wildman–Crippen MR) is 95.0 cm³/mol. The monoisotopic (exact) mass is 371 g/mol. The lowest BCUT2D eigenvalue weighted by molar-refractivity contribution is -0.136. The van der Waals surface area contributed by atoms with Crippen LogP contribution in [-0.2, 0) is 16.1 Å². The lowest BCUT2D eigenvalue weighted by Gasteiger charge is -2.24. The van der Waals surface area contributed by atoms with Crippen molar-refractivity contribution >= 4 is 35.6 Å². The fourth-order valence-electron chi connectivity index (χ4n) is 2.85. The van der Waals surface area contributed by atoms with Gasteiger partial charge in [0.2, 0.25) is 0 Å². The molecular formula is C17H22ClNO4S. The molecule has 1 atom stereocenters. The molecule has 1 saturated carbocycles. The standard InChI is InChI=1S/C17H22ClNO4S/c18-14-8-4-7-13(9-14)11-23-17(22)19-24-15(16(20)21)10-12-5-2-1-3-6-12/h4,7-9,12,15H,1-3,5-6,10-11H2,(H,19,22)(H,20,21)/t15-/m0/s1. The van der Waals surface area contributed by atoms with Crippen LogP contribution in [0.2, 0.25) is 5.02 Å². The van der Waals surface area contributed by atoms with E-state index in [4.69, 9.17) is 16.3 Å². The fraction of sp³-hybridized carbons (Fsp3) is 0.529. The number of carbonyl (C=O) groups excluding carboxylic acids is 1. The zero-order valence-electron chi connectivity index (χ0n) is 13.4. The number of hydrogen-bond acceptors (Lipinski definition) is 4. The second-order valence-corrected chi connectivity index (χ2v) is 7.44. The van der Waals surface area contributed by atoms with Crippen molar-refractivity contribution in [2.24, 2.45) is 5.92 Å². The fourth-order valence-corrected chi connectivity index (χ4v) is 3.83. The first-order valence-electron chi connectivity index (χ1n) is 8.10. The predicted octanol–water partition coefficient (Wildman–Crippen LogP) is 4.64. The number of carboxylic acids is 1. The Hall–Kier alpha value is -1.40. The smallest absolute Gasteiger partial charge is 0.417 e. The molecule has 2 rings (SSSR count). The summed E-state index contributed by atoms with van der Waals surface area (Å²) in [5, 5.41) is 9.25. The molecule has 1 aromatic carbocycles. The third-order valence-corrected chi connectivity index (χ3v) is 5.29. The molecule has 132 valence electrons. The molecule has 5 nitrogen and oxygen atoms in total. The van der Waals surface area contributed by atoms with E-state index >= 15 is 0 Å². The molecule has 24 heavy (non-hydrogen) atoms. The van der Waals surface area contributed by atoms with Crippen LogP contribution >= 0.6 is 23.5 Å². The summed E-state index contributed by atoms with van der Waals surface area (Å²) in [6, 6.07) is 7.03. The van der Waals surface area contributed by atoms with Crippen LogP contribution in [0.5, 0.6) is 0 Å². The molecule has 0 radical (unpaired) electrons. The molecule has 1 aromatic rings. The van der Waals surface area contributed by atoms with Gasteiger partial charge in [-0.1, -0.05) is 55.8 Å². The quantitative estimate of drug-likeness (QED) is 0.683. The van der Waals surface area contributed by atoms with Crippen LogP contribution in [-0.4, -0.2) is 22.4 Å². The van der Waals surface area contributed by atoms with E-state index in [1.165, 1.54) is 6.42 Å². The Morgan fingerprint density at radius 1 is 1.33 bits per heavy atom. The summed E-state index contributed by atoms with van der Waals surface area (Å²) in [5.74, 6) is -0.475. The first kappa shape index (κ1) is 18.9. The van der Waals surface area contributed by atoms with Gasteiger partial charge >= 0.3 is 12.1 Å². The highest BCUT2D eigenvalue weighted by Crippen LogP contribution is 2.30. The van der Waals surface area contributed by atoms with Gasteiger partial charge in [-0.3, -0.25) is 9.52 Å². The van der Waals surface area contributed by atoms with Gasteiger partial charge in [0.05, 0.1) is 0 Å². The number of nitrogens with one attached hydrogen (secondary N) is 1. The Morgan fingerprint density at radius 2 is 2.08 bits per heavy atom. The van der Waals surface area contributed by atoms with E-state index in [2.05, 4.69) is 4.72 Å². The van der Waals surface area contributed by atoms with Crippen LogP contribution in [0.15, 0.2) is 24.3 Å². The summed E-state index contributed by atoms with van der Waals surface area (Å²) in [7, 11) is 0. The number of hydrogen-bond donors (Lipinski definition) is 2. The van der Waals surface area contributed by atoms with Crippen LogP contribution in [0.1, 0.15) is 44.1 Å².